The first-order chi connectivity index (χ1) is 9.08. The third kappa shape index (κ3) is 3.23. The monoisotopic (exact) mass is 278 g/mol. The summed E-state index contributed by atoms with van der Waals surface area (Å²) in [5, 5.41) is 8.87. The van der Waals surface area contributed by atoms with Crippen LogP contribution in [0.15, 0.2) is 41.6 Å². The molecule has 1 aromatic heterocycles. The summed E-state index contributed by atoms with van der Waals surface area (Å²) in [6, 6.07) is 5.48. The highest BCUT2D eigenvalue weighted by Gasteiger charge is 2.09. The summed E-state index contributed by atoms with van der Waals surface area (Å²) >= 11 is 1.34. The smallest absolute Gasteiger partial charge is 0.335 e. The van der Waals surface area contributed by atoms with Crippen LogP contribution >= 0.6 is 11.8 Å². The van der Waals surface area contributed by atoms with Gasteiger partial charge in [-0.2, -0.15) is 0 Å². The number of thioether (sulfide) groups is 1. The molecule has 1 heterocycles. The second-order valence-corrected chi connectivity index (χ2v) is 4.83. The van der Waals surface area contributed by atoms with Gasteiger partial charge in [0.25, 0.3) is 0 Å². The Hall–Kier alpha value is -2.08. The Morgan fingerprint density at radius 3 is 2.89 bits per heavy atom. The molecule has 0 saturated carbocycles. The number of hydrogen-bond acceptors (Lipinski definition) is 4. The van der Waals surface area contributed by atoms with Crippen LogP contribution in [0.5, 0.6) is 0 Å². The maximum atomic E-state index is 13.6. The highest BCUT2D eigenvalue weighted by atomic mass is 32.2. The van der Waals surface area contributed by atoms with Crippen molar-refractivity contribution in [1.82, 2.24) is 4.98 Å². The highest BCUT2D eigenvalue weighted by Crippen LogP contribution is 2.28. The number of carbonyl (C=O) groups is 1. The number of halogens is 1. The fraction of sp³-hybridized carbons (Fsp3) is 0.0769. The second-order valence-electron chi connectivity index (χ2n) is 3.81. The minimum atomic E-state index is -1.07. The average molecular weight is 278 g/mol. The van der Waals surface area contributed by atoms with Gasteiger partial charge in [0.05, 0.1) is 17.4 Å². The van der Waals surface area contributed by atoms with Crippen LogP contribution in [-0.2, 0) is 5.75 Å². The van der Waals surface area contributed by atoms with Gasteiger partial charge in [-0.05, 0) is 29.8 Å². The molecule has 98 valence electrons. The van der Waals surface area contributed by atoms with Crippen molar-refractivity contribution in [3.05, 3.63) is 53.6 Å². The van der Waals surface area contributed by atoms with Gasteiger partial charge < -0.3 is 10.8 Å². The maximum absolute atomic E-state index is 13.6. The van der Waals surface area contributed by atoms with Crippen molar-refractivity contribution in [3.63, 3.8) is 0 Å². The van der Waals surface area contributed by atoms with Crippen molar-refractivity contribution in [2.45, 2.75) is 10.6 Å². The van der Waals surface area contributed by atoms with Crippen molar-refractivity contribution >= 4 is 23.4 Å². The molecule has 6 heteroatoms. The van der Waals surface area contributed by atoms with E-state index < -0.39 is 11.8 Å². The average Bonchev–Trinajstić information content (AvgIpc) is 2.39. The van der Waals surface area contributed by atoms with E-state index in [1.54, 1.807) is 12.3 Å². The number of aromatic nitrogens is 1. The maximum Gasteiger partial charge on any atom is 0.335 e. The number of aromatic carboxylic acids is 1. The number of nitrogens with zero attached hydrogens (tertiary/aromatic N) is 1. The van der Waals surface area contributed by atoms with Crippen molar-refractivity contribution in [2.24, 2.45) is 0 Å². The Bertz CT molecular complexity index is 619. The number of hydrogen-bond donors (Lipinski definition) is 2. The van der Waals surface area contributed by atoms with Gasteiger partial charge in [0.1, 0.15) is 5.82 Å². The lowest BCUT2D eigenvalue weighted by atomic mass is 10.1. The number of anilines is 1. The van der Waals surface area contributed by atoms with Crippen molar-refractivity contribution in [1.29, 1.82) is 0 Å². The van der Waals surface area contributed by atoms with Crippen LogP contribution in [0.25, 0.3) is 0 Å². The quantitative estimate of drug-likeness (QED) is 0.841. The molecule has 2 rings (SSSR count). The first kappa shape index (κ1) is 13.4. The topological polar surface area (TPSA) is 76.2 Å². The molecule has 4 nitrogen and oxygen atoms in total. The third-order valence-electron chi connectivity index (χ3n) is 2.49. The van der Waals surface area contributed by atoms with Crippen LogP contribution in [-0.4, -0.2) is 16.1 Å². The Morgan fingerprint density at radius 1 is 1.42 bits per heavy atom. The number of pyridine rings is 1. The third-order valence-corrected chi connectivity index (χ3v) is 3.62. The fourth-order valence-electron chi connectivity index (χ4n) is 1.50. The summed E-state index contributed by atoms with van der Waals surface area (Å²) in [4.78, 5) is 15.5. The van der Waals surface area contributed by atoms with E-state index in [1.165, 1.54) is 30.1 Å². The predicted molar refractivity (Wildman–Crippen MR) is 71.6 cm³/mol. The molecule has 0 saturated heterocycles. The standard InChI is InChI=1S/C13H11FN2O2S/c14-10-2-1-8(13(17)18)5-9(10)7-19-12-3-4-16-6-11(12)15/h1-6H,7,15H2,(H,17,18). The van der Waals surface area contributed by atoms with Gasteiger partial charge in [-0.15, -0.1) is 11.8 Å². The van der Waals surface area contributed by atoms with Gasteiger partial charge >= 0.3 is 5.97 Å². The zero-order valence-corrected chi connectivity index (χ0v) is 10.7. The van der Waals surface area contributed by atoms with E-state index in [4.69, 9.17) is 10.8 Å². The van der Waals surface area contributed by atoms with Crippen LogP contribution < -0.4 is 5.73 Å². The molecule has 0 aliphatic heterocycles. The summed E-state index contributed by atoms with van der Waals surface area (Å²) in [5.74, 6) is -1.19. The molecule has 19 heavy (non-hydrogen) atoms. The summed E-state index contributed by atoms with van der Waals surface area (Å²) in [6.45, 7) is 0. The Labute approximate surface area is 113 Å². The number of benzene rings is 1. The second kappa shape index (κ2) is 5.71. The minimum absolute atomic E-state index is 0.0692. The van der Waals surface area contributed by atoms with Crippen LogP contribution in [0.3, 0.4) is 0 Å². The summed E-state index contributed by atoms with van der Waals surface area (Å²) in [5.41, 5.74) is 6.65. The van der Waals surface area contributed by atoms with E-state index in [2.05, 4.69) is 4.98 Å². The van der Waals surface area contributed by atoms with Crippen molar-refractivity contribution in [2.75, 3.05) is 5.73 Å². The zero-order valence-electron chi connectivity index (χ0n) is 9.84. The van der Waals surface area contributed by atoms with E-state index in [-0.39, 0.29) is 5.56 Å². The molecule has 0 amide bonds. The zero-order chi connectivity index (χ0) is 13.8. The highest BCUT2D eigenvalue weighted by molar-refractivity contribution is 7.98. The normalized spacial score (nSPS) is 10.4. The number of rotatable bonds is 4. The molecule has 0 aliphatic rings. The van der Waals surface area contributed by atoms with Gasteiger partial charge in [-0.3, -0.25) is 4.98 Å². The van der Waals surface area contributed by atoms with Crippen LogP contribution in [0.2, 0.25) is 0 Å². The van der Waals surface area contributed by atoms with Crippen LogP contribution in [0.4, 0.5) is 10.1 Å². The molecule has 0 bridgehead atoms. The first-order valence-corrected chi connectivity index (χ1v) is 6.40. The van der Waals surface area contributed by atoms with Gasteiger partial charge in [-0.25, -0.2) is 9.18 Å². The lowest BCUT2D eigenvalue weighted by Gasteiger charge is -2.06. The summed E-state index contributed by atoms with van der Waals surface area (Å²) in [6.07, 6.45) is 3.12. The molecule has 0 fully saturated rings. The number of nitrogens with two attached hydrogens (primary N) is 1. The van der Waals surface area contributed by atoms with Crippen LogP contribution in [0, 0.1) is 5.82 Å². The Kier molecular flexibility index (Phi) is 4.01. The molecule has 0 spiro atoms. The van der Waals surface area contributed by atoms with Gasteiger partial charge in [0, 0.05) is 16.8 Å². The van der Waals surface area contributed by atoms with Crippen LogP contribution in [0.1, 0.15) is 15.9 Å². The molecule has 0 aliphatic carbocycles. The SMILES string of the molecule is Nc1cnccc1SCc1cc(C(=O)O)ccc1F. The largest absolute Gasteiger partial charge is 0.478 e. The molecule has 0 radical (unpaired) electrons. The number of carboxylic acids is 1. The fourth-order valence-corrected chi connectivity index (χ4v) is 2.41. The van der Waals surface area contributed by atoms with Gasteiger partial charge in [-0.1, -0.05) is 0 Å². The molecule has 2 aromatic rings. The summed E-state index contributed by atoms with van der Waals surface area (Å²) < 4.78 is 13.6. The molecule has 3 N–H and O–H groups in total. The van der Waals surface area contributed by atoms with E-state index in [1.807, 2.05) is 0 Å². The first-order valence-electron chi connectivity index (χ1n) is 5.42. The van der Waals surface area contributed by atoms with E-state index in [0.29, 0.717) is 17.0 Å². The van der Waals surface area contributed by atoms with Gasteiger partial charge in [0.2, 0.25) is 0 Å². The Morgan fingerprint density at radius 2 is 2.21 bits per heavy atom. The molecular weight excluding hydrogens is 267 g/mol. The molecule has 1 aromatic carbocycles. The number of carboxylic acid groups (broad SMARTS) is 1. The van der Waals surface area contributed by atoms with Gasteiger partial charge in [0.15, 0.2) is 0 Å². The number of nitrogen functional groups attached to an aromatic ring is 1. The Balaban J connectivity index is 2.17. The van der Waals surface area contributed by atoms with Crippen molar-refractivity contribution in [3.8, 4) is 0 Å². The summed E-state index contributed by atoms with van der Waals surface area (Å²) in [7, 11) is 0. The van der Waals surface area contributed by atoms with E-state index >= 15 is 0 Å². The van der Waals surface area contributed by atoms with E-state index in [0.717, 1.165) is 11.0 Å². The van der Waals surface area contributed by atoms with Crippen molar-refractivity contribution < 1.29 is 14.3 Å². The molecular formula is C13H11FN2O2S. The lowest BCUT2D eigenvalue weighted by Crippen LogP contribution is -1.99. The molecule has 0 unspecified atom stereocenters. The minimum Gasteiger partial charge on any atom is -0.478 e. The lowest BCUT2D eigenvalue weighted by molar-refractivity contribution is 0.0696. The predicted octanol–water partition coefficient (Wildman–Crippen LogP) is 2.79. The molecule has 0 atom stereocenters. The van der Waals surface area contributed by atoms with E-state index in [9.17, 15) is 9.18 Å².